The van der Waals surface area contributed by atoms with E-state index in [9.17, 15) is 0 Å². The Hall–Kier alpha value is -2.42. The van der Waals surface area contributed by atoms with Crippen molar-refractivity contribution in [1.82, 2.24) is 5.06 Å². The molecule has 0 heterocycles. The van der Waals surface area contributed by atoms with Gasteiger partial charge in [-0.2, -0.15) is 5.06 Å². The summed E-state index contributed by atoms with van der Waals surface area (Å²) in [7, 11) is 2.07. The van der Waals surface area contributed by atoms with E-state index in [2.05, 4.69) is 84.9 Å². The van der Waals surface area contributed by atoms with Crippen LogP contribution in [0.3, 0.4) is 0 Å². The van der Waals surface area contributed by atoms with Gasteiger partial charge in [0.25, 0.3) is 0 Å². The Morgan fingerprint density at radius 1 is 0.760 bits per heavy atom. The molecular weight excluding hydrogens is 306 g/mol. The van der Waals surface area contributed by atoms with Gasteiger partial charge in [-0.05, 0) is 40.3 Å². The molecule has 2 bridgehead atoms. The Bertz CT molecular complexity index is 846. The fraction of sp³-hybridized carbons (Fsp3) is 0.217. The summed E-state index contributed by atoms with van der Waals surface area (Å²) < 4.78 is 0. The van der Waals surface area contributed by atoms with Crippen LogP contribution in [-0.4, -0.2) is 18.7 Å². The summed E-state index contributed by atoms with van der Waals surface area (Å²) >= 11 is 0. The molecule has 124 valence electrons. The van der Waals surface area contributed by atoms with Crippen molar-refractivity contribution in [2.75, 3.05) is 13.7 Å². The topological polar surface area (TPSA) is 12.5 Å². The van der Waals surface area contributed by atoms with Crippen molar-refractivity contribution in [3.05, 3.63) is 106 Å². The molecule has 25 heavy (non-hydrogen) atoms. The normalized spacial score (nSPS) is 22.4. The lowest BCUT2D eigenvalue weighted by Crippen LogP contribution is -2.52. The maximum Gasteiger partial charge on any atom is 0.122 e. The smallest absolute Gasteiger partial charge is 0.122 e. The van der Waals surface area contributed by atoms with Crippen LogP contribution in [0, 0.1) is 0 Å². The molecule has 0 atom stereocenters. The Balaban J connectivity index is 1.95. The Kier molecular flexibility index (Phi) is 3.15. The summed E-state index contributed by atoms with van der Waals surface area (Å²) in [4.78, 5) is 6.10. The molecular formula is C23H21NO. The third-order valence-corrected chi connectivity index (χ3v) is 5.78. The van der Waals surface area contributed by atoms with Crippen LogP contribution in [0.2, 0.25) is 0 Å². The van der Waals surface area contributed by atoms with E-state index in [4.69, 9.17) is 4.84 Å². The third-order valence-electron chi connectivity index (χ3n) is 5.78. The molecule has 3 aliphatic carbocycles. The van der Waals surface area contributed by atoms with Crippen LogP contribution in [0.25, 0.3) is 0 Å². The monoisotopic (exact) mass is 327 g/mol. The maximum absolute atomic E-state index is 6.10. The summed E-state index contributed by atoms with van der Waals surface area (Å²) in [6.45, 7) is 2.69. The number of benzene rings is 3. The van der Waals surface area contributed by atoms with Gasteiger partial charge in [0, 0.05) is 13.0 Å². The van der Waals surface area contributed by atoms with Gasteiger partial charge in [-0.25, -0.2) is 0 Å². The second-order valence-corrected chi connectivity index (χ2v) is 6.82. The van der Waals surface area contributed by atoms with E-state index >= 15 is 0 Å². The van der Waals surface area contributed by atoms with Crippen molar-refractivity contribution in [2.24, 2.45) is 0 Å². The number of rotatable bonds is 3. The van der Waals surface area contributed by atoms with Gasteiger partial charge in [-0.15, -0.1) is 0 Å². The SMILES string of the molecule is CCON(C)C12c3ccccc3C(c3ccccc31)c1ccccc12. The molecule has 0 saturated heterocycles. The minimum atomic E-state index is -0.394. The Morgan fingerprint density at radius 3 is 1.56 bits per heavy atom. The highest BCUT2D eigenvalue weighted by molar-refractivity contribution is 5.71. The minimum absolute atomic E-state index is 0.306. The number of nitrogens with zero attached hydrogens (tertiary/aromatic N) is 1. The molecule has 0 amide bonds. The predicted molar refractivity (Wildman–Crippen MR) is 99.5 cm³/mol. The summed E-state index contributed by atoms with van der Waals surface area (Å²) in [6.07, 6.45) is 0. The molecule has 0 aliphatic heterocycles. The highest BCUT2D eigenvalue weighted by Gasteiger charge is 2.54. The summed E-state index contributed by atoms with van der Waals surface area (Å²) in [5.41, 5.74) is 7.81. The first-order valence-corrected chi connectivity index (χ1v) is 8.95. The van der Waals surface area contributed by atoms with Crippen molar-refractivity contribution in [3.8, 4) is 0 Å². The van der Waals surface area contributed by atoms with Crippen molar-refractivity contribution in [3.63, 3.8) is 0 Å². The van der Waals surface area contributed by atoms with Crippen LogP contribution >= 0.6 is 0 Å². The first-order chi connectivity index (χ1) is 12.3. The van der Waals surface area contributed by atoms with E-state index in [1.807, 2.05) is 6.92 Å². The highest BCUT2D eigenvalue weighted by atomic mass is 16.7. The fourth-order valence-electron chi connectivity index (χ4n) is 4.97. The molecule has 6 rings (SSSR count). The zero-order valence-electron chi connectivity index (χ0n) is 14.6. The molecule has 0 fully saturated rings. The lowest BCUT2D eigenvalue weighted by molar-refractivity contribution is -0.184. The van der Waals surface area contributed by atoms with Gasteiger partial charge in [0.2, 0.25) is 0 Å². The van der Waals surface area contributed by atoms with Crippen LogP contribution in [0.1, 0.15) is 46.2 Å². The van der Waals surface area contributed by atoms with Crippen LogP contribution in [0.15, 0.2) is 72.8 Å². The molecule has 0 N–H and O–H groups in total. The van der Waals surface area contributed by atoms with E-state index in [0.29, 0.717) is 12.5 Å². The molecule has 0 unspecified atom stereocenters. The van der Waals surface area contributed by atoms with Crippen LogP contribution in [0.5, 0.6) is 0 Å². The second kappa shape index (κ2) is 5.29. The highest BCUT2D eigenvalue weighted by Crippen LogP contribution is 2.59. The van der Waals surface area contributed by atoms with Crippen molar-refractivity contribution >= 4 is 0 Å². The van der Waals surface area contributed by atoms with E-state index in [1.54, 1.807) is 0 Å². The Labute approximate surface area is 148 Å². The molecule has 3 aromatic carbocycles. The third kappa shape index (κ3) is 1.71. The van der Waals surface area contributed by atoms with Gasteiger partial charge < -0.3 is 0 Å². The first kappa shape index (κ1) is 14.9. The van der Waals surface area contributed by atoms with E-state index in [0.717, 1.165) is 0 Å². The van der Waals surface area contributed by atoms with Gasteiger partial charge >= 0.3 is 0 Å². The molecule has 0 aromatic heterocycles. The van der Waals surface area contributed by atoms with Gasteiger partial charge in [-0.3, -0.25) is 4.84 Å². The number of hydrogen-bond acceptors (Lipinski definition) is 2. The molecule has 2 nitrogen and oxygen atoms in total. The van der Waals surface area contributed by atoms with Gasteiger partial charge in [-0.1, -0.05) is 72.8 Å². The van der Waals surface area contributed by atoms with Crippen LogP contribution in [0.4, 0.5) is 0 Å². The second-order valence-electron chi connectivity index (χ2n) is 6.82. The lowest BCUT2D eigenvalue weighted by Gasteiger charge is -2.53. The standard InChI is InChI=1S/C23H21NO/c1-3-25-24(2)23-19-13-7-4-10-16(19)22(17-11-5-8-14-20(17)23)18-12-6-9-15-21(18)23/h4-15,22H,3H2,1-2H3. The predicted octanol–water partition coefficient (Wildman–Crippen LogP) is 4.67. The zero-order valence-corrected chi connectivity index (χ0v) is 14.6. The van der Waals surface area contributed by atoms with E-state index in [-0.39, 0.29) is 0 Å². The summed E-state index contributed by atoms with van der Waals surface area (Å²) in [5, 5.41) is 2.07. The van der Waals surface area contributed by atoms with Crippen molar-refractivity contribution in [2.45, 2.75) is 18.4 Å². The fourth-order valence-corrected chi connectivity index (χ4v) is 4.97. The largest absolute Gasteiger partial charge is 0.298 e. The average Bonchev–Trinajstić information content (AvgIpc) is 2.67. The number of hydroxylamine groups is 2. The van der Waals surface area contributed by atoms with Crippen LogP contribution in [-0.2, 0) is 10.4 Å². The Morgan fingerprint density at radius 2 is 1.16 bits per heavy atom. The molecule has 2 heteroatoms. The molecule has 3 aromatic rings. The number of hydrogen-bond donors (Lipinski definition) is 0. The van der Waals surface area contributed by atoms with E-state index < -0.39 is 5.54 Å². The molecule has 0 radical (unpaired) electrons. The summed E-state index contributed by atoms with van der Waals surface area (Å²) in [6, 6.07) is 26.5. The van der Waals surface area contributed by atoms with Gasteiger partial charge in [0.05, 0.1) is 6.61 Å². The molecule has 0 spiro atoms. The van der Waals surface area contributed by atoms with E-state index in [1.165, 1.54) is 33.4 Å². The first-order valence-electron chi connectivity index (χ1n) is 8.95. The average molecular weight is 327 g/mol. The lowest BCUT2D eigenvalue weighted by atomic mass is 9.57. The quantitative estimate of drug-likeness (QED) is 0.648. The minimum Gasteiger partial charge on any atom is -0.298 e. The molecule has 3 aliphatic rings. The van der Waals surface area contributed by atoms with Gasteiger partial charge in [0.1, 0.15) is 5.54 Å². The summed E-state index contributed by atoms with van der Waals surface area (Å²) in [5.74, 6) is 0.306. The molecule has 0 saturated carbocycles. The van der Waals surface area contributed by atoms with Crippen molar-refractivity contribution < 1.29 is 4.84 Å². The maximum atomic E-state index is 6.10. The van der Waals surface area contributed by atoms with Crippen LogP contribution < -0.4 is 0 Å². The zero-order chi connectivity index (χ0) is 17.0. The van der Waals surface area contributed by atoms with Crippen molar-refractivity contribution in [1.29, 1.82) is 0 Å². The van der Waals surface area contributed by atoms with Gasteiger partial charge in [0.15, 0.2) is 0 Å².